The summed E-state index contributed by atoms with van der Waals surface area (Å²) in [6.07, 6.45) is 0.958. The van der Waals surface area contributed by atoms with Crippen molar-refractivity contribution in [3.63, 3.8) is 0 Å². The van der Waals surface area contributed by atoms with Crippen LogP contribution in [0.15, 0.2) is 0 Å². The second-order valence-electron chi connectivity index (χ2n) is 3.80. The van der Waals surface area contributed by atoms with Crippen LogP contribution in [0, 0.1) is 5.92 Å². The van der Waals surface area contributed by atoms with Crippen LogP contribution >= 0.6 is 0 Å². The van der Waals surface area contributed by atoms with Gasteiger partial charge in [0.2, 0.25) is 5.78 Å². The summed E-state index contributed by atoms with van der Waals surface area (Å²) in [6, 6.07) is 0. The van der Waals surface area contributed by atoms with Crippen LogP contribution in [0.25, 0.3) is 0 Å². The zero-order valence-corrected chi connectivity index (χ0v) is 11.2. The summed E-state index contributed by atoms with van der Waals surface area (Å²) in [7, 11) is 0. The Bertz CT molecular complexity index is 245. The Kier molecular flexibility index (Phi) is 11.8. The normalized spacial score (nSPS) is 9.06. The van der Waals surface area contributed by atoms with Gasteiger partial charge >= 0.3 is 11.9 Å². The summed E-state index contributed by atoms with van der Waals surface area (Å²) in [5, 5.41) is 0. The Morgan fingerprint density at radius 2 is 1.59 bits per heavy atom. The molecule has 0 radical (unpaired) electrons. The third-order valence-corrected chi connectivity index (χ3v) is 1.56. The summed E-state index contributed by atoms with van der Waals surface area (Å²) < 4.78 is 9.03. The van der Waals surface area contributed by atoms with E-state index < -0.39 is 11.8 Å². The molecule has 0 aliphatic carbocycles. The van der Waals surface area contributed by atoms with Gasteiger partial charge in [-0.25, -0.2) is 4.79 Å². The molecule has 5 heteroatoms. The van der Waals surface area contributed by atoms with E-state index in [4.69, 9.17) is 4.74 Å². The Morgan fingerprint density at radius 3 is 1.82 bits per heavy atom. The lowest BCUT2D eigenvalue weighted by Gasteiger charge is -2.02. The van der Waals surface area contributed by atoms with Gasteiger partial charge in [-0.05, 0) is 19.3 Å². The summed E-state index contributed by atoms with van der Waals surface area (Å²) >= 11 is 0. The van der Waals surface area contributed by atoms with E-state index in [1.807, 2.05) is 0 Å². The first-order valence-electron chi connectivity index (χ1n) is 5.62. The largest absolute Gasteiger partial charge is 0.466 e. The highest BCUT2D eigenvalue weighted by molar-refractivity contribution is 6.32. The molecule has 0 aliphatic heterocycles. The standard InChI is InChI=1S/C7H14O2.C5H8O3/c1-6(2)4-5-9-7(3)8;1-3-8-5(7)4(2)6/h6H,4-5H2,1-3H3;3H2,1-2H3. The van der Waals surface area contributed by atoms with E-state index in [0.717, 1.165) is 6.42 Å². The minimum atomic E-state index is -0.757. The molecule has 0 bridgehead atoms. The topological polar surface area (TPSA) is 69.7 Å². The molecule has 0 aromatic rings. The van der Waals surface area contributed by atoms with E-state index in [2.05, 4.69) is 18.6 Å². The molecule has 100 valence electrons. The van der Waals surface area contributed by atoms with Gasteiger partial charge in [-0.15, -0.1) is 0 Å². The summed E-state index contributed by atoms with van der Waals surface area (Å²) in [5.41, 5.74) is 0. The van der Waals surface area contributed by atoms with Gasteiger partial charge in [0.15, 0.2) is 0 Å². The SMILES string of the molecule is CC(=O)OCCC(C)C.CCOC(=O)C(C)=O. The highest BCUT2D eigenvalue weighted by Gasteiger charge is 2.05. The number of hydrogen-bond donors (Lipinski definition) is 0. The molecular formula is C12H22O5. The summed E-state index contributed by atoms with van der Waals surface area (Å²) in [6.45, 7) is 9.29. The molecule has 0 saturated heterocycles. The Morgan fingerprint density at radius 1 is 1.06 bits per heavy atom. The maximum atomic E-state index is 10.2. The van der Waals surface area contributed by atoms with Crippen molar-refractivity contribution >= 4 is 17.7 Å². The van der Waals surface area contributed by atoms with E-state index in [1.165, 1.54) is 13.8 Å². The second kappa shape index (κ2) is 11.1. The van der Waals surface area contributed by atoms with Crippen molar-refractivity contribution < 1.29 is 23.9 Å². The number of rotatable bonds is 5. The third kappa shape index (κ3) is 17.2. The van der Waals surface area contributed by atoms with Crippen LogP contribution in [0.5, 0.6) is 0 Å². The summed E-state index contributed by atoms with van der Waals surface area (Å²) in [4.78, 5) is 30.4. The monoisotopic (exact) mass is 246 g/mol. The smallest absolute Gasteiger partial charge is 0.374 e. The number of carbonyl (C=O) groups excluding carboxylic acids is 3. The highest BCUT2D eigenvalue weighted by atomic mass is 16.5. The number of carbonyl (C=O) groups is 3. The Balaban J connectivity index is 0. The summed E-state index contributed by atoms with van der Waals surface area (Å²) in [5.74, 6) is -0.876. The van der Waals surface area contributed by atoms with E-state index in [9.17, 15) is 14.4 Å². The van der Waals surface area contributed by atoms with Crippen molar-refractivity contribution in [2.45, 2.75) is 41.0 Å². The van der Waals surface area contributed by atoms with Crippen LogP contribution in [0.2, 0.25) is 0 Å². The predicted molar refractivity (Wildman–Crippen MR) is 63.4 cm³/mol. The fourth-order valence-corrected chi connectivity index (χ4v) is 0.671. The molecule has 0 fully saturated rings. The molecule has 0 aliphatic rings. The third-order valence-electron chi connectivity index (χ3n) is 1.56. The predicted octanol–water partition coefficient (Wildman–Crippen LogP) is 1.73. The molecule has 0 atom stereocenters. The van der Waals surface area contributed by atoms with E-state index in [0.29, 0.717) is 12.5 Å². The van der Waals surface area contributed by atoms with Crippen LogP contribution in [-0.4, -0.2) is 30.9 Å². The van der Waals surface area contributed by atoms with Crippen molar-refractivity contribution in [2.75, 3.05) is 13.2 Å². The quantitative estimate of drug-likeness (QED) is 0.546. The van der Waals surface area contributed by atoms with Gasteiger partial charge in [-0.3, -0.25) is 9.59 Å². The minimum absolute atomic E-state index is 0.185. The lowest BCUT2D eigenvalue weighted by molar-refractivity contribution is -0.152. The van der Waals surface area contributed by atoms with E-state index >= 15 is 0 Å². The lowest BCUT2D eigenvalue weighted by Crippen LogP contribution is -2.12. The molecule has 0 saturated carbocycles. The molecule has 0 spiro atoms. The maximum Gasteiger partial charge on any atom is 0.374 e. The second-order valence-corrected chi connectivity index (χ2v) is 3.80. The van der Waals surface area contributed by atoms with Crippen LogP contribution in [0.4, 0.5) is 0 Å². The van der Waals surface area contributed by atoms with Gasteiger partial charge in [-0.1, -0.05) is 13.8 Å². The lowest BCUT2D eigenvalue weighted by atomic mass is 10.1. The number of ketones is 1. The van der Waals surface area contributed by atoms with Crippen molar-refractivity contribution in [1.82, 2.24) is 0 Å². The Labute approximate surface area is 102 Å². The first-order chi connectivity index (χ1) is 7.81. The van der Waals surface area contributed by atoms with Crippen molar-refractivity contribution in [2.24, 2.45) is 5.92 Å². The van der Waals surface area contributed by atoms with Gasteiger partial charge in [-0.2, -0.15) is 0 Å². The molecule has 0 N–H and O–H groups in total. The molecule has 0 amide bonds. The first kappa shape index (κ1) is 18.0. The molecule has 0 aromatic heterocycles. The van der Waals surface area contributed by atoms with Crippen molar-refractivity contribution in [3.8, 4) is 0 Å². The molecule has 0 heterocycles. The van der Waals surface area contributed by atoms with Gasteiger partial charge in [0.25, 0.3) is 0 Å². The van der Waals surface area contributed by atoms with Gasteiger partial charge in [0.05, 0.1) is 13.2 Å². The highest BCUT2D eigenvalue weighted by Crippen LogP contribution is 1.98. The molecule has 5 nitrogen and oxygen atoms in total. The number of hydrogen-bond acceptors (Lipinski definition) is 5. The van der Waals surface area contributed by atoms with Crippen LogP contribution in [0.3, 0.4) is 0 Å². The van der Waals surface area contributed by atoms with Gasteiger partial charge in [0.1, 0.15) is 0 Å². The zero-order valence-electron chi connectivity index (χ0n) is 11.2. The molecule has 0 rings (SSSR count). The van der Waals surface area contributed by atoms with Gasteiger partial charge < -0.3 is 9.47 Å². The Hall–Kier alpha value is -1.39. The molecule has 0 aromatic carbocycles. The van der Waals surface area contributed by atoms with Gasteiger partial charge in [0, 0.05) is 13.8 Å². The average Bonchev–Trinajstić information content (AvgIpc) is 2.17. The van der Waals surface area contributed by atoms with Crippen LogP contribution in [-0.2, 0) is 23.9 Å². The van der Waals surface area contributed by atoms with E-state index in [1.54, 1.807) is 6.92 Å². The number of Topliss-reactive ketones (excluding diaryl/α,β-unsaturated/α-hetero) is 1. The number of ether oxygens (including phenoxy) is 2. The van der Waals surface area contributed by atoms with E-state index in [-0.39, 0.29) is 12.6 Å². The van der Waals surface area contributed by atoms with Crippen molar-refractivity contribution in [3.05, 3.63) is 0 Å². The molecule has 0 unspecified atom stereocenters. The number of esters is 2. The van der Waals surface area contributed by atoms with Crippen LogP contribution < -0.4 is 0 Å². The average molecular weight is 246 g/mol. The molecule has 17 heavy (non-hydrogen) atoms. The minimum Gasteiger partial charge on any atom is -0.466 e. The van der Waals surface area contributed by atoms with Crippen molar-refractivity contribution in [1.29, 1.82) is 0 Å². The zero-order chi connectivity index (χ0) is 13.8. The van der Waals surface area contributed by atoms with Crippen LogP contribution in [0.1, 0.15) is 41.0 Å². The fourth-order valence-electron chi connectivity index (χ4n) is 0.671. The maximum absolute atomic E-state index is 10.2. The molecular weight excluding hydrogens is 224 g/mol. The first-order valence-corrected chi connectivity index (χ1v) is 5.62. The fraction of sp³-hybridized carbons (Fsp3) is 0.750.